The average Bonchev–Trinajstić information content (AvgIpc) is 2.47. The fourth-order valence-corrected chi connectivity index (χ4v) is 2.52. The molecule has 0 spiro atoms. The van der Waals surface area contributed by atoms with Crippen LogP contribution in [-0.2, 0) is 6.54 Å². The van der Waals surface area contributed by atoms with Crippen molar-refractivity contribution in [3.8, 4) is 18.1 Å². The molecule has 0 atom stereocenters. The first-order chi connectivity index (χ1) is 10.1. The fourth-order valence-electron chi connectivity index (χ4n) is 1.80. The van der Waals surface area contributed by atoms with Crippen molar-refractivity contribution in [3.05, 3.63) is 57.0 Å². The molecule has 0 bridgehead atoms. The number of terminal acetylenes is 1. The highest BCUT2D eigenvalue weighted by Gasteiger charge is 2.03. The van der Waals surface area contributed by atoms with E-state index < -0.39 is 0 Å². The van der Waals surface area contributed by atoms with E-state index in [0.717, 1.165) is 32.1 Å². The molecule has 4 heteroatoms. The lowest BCUT2D eigenvalue weighted by Gasteiger charge is -2.10. The Kier molecular flexibility index (Phi) is 5.55. The Bertz CT molecular complexity index is 679. The maximum atomic E-state index is 6.11. The maximum Gasteiger partial charge on any atom is 0.148 e. The Labute approximate surface area is 138 Å². The molecular weight excluding hydrogens is 350 g/mol. The molecule has 2 aromatic carbocycles. The van der Waals surface area contributed by atoms with E-state index >= 15 is 0 Å². The van der Waals surface area contributed by atoms with Crippen molar-refractivity contribution in [2.75, 3.05) is 11.9 Å². The minimum absolute atomic E-state index is 0.262. The second kappa shape index (κ2) is 7.40. The summed E-state index contributed by atoms with van der Waals surface area (Å²) in [5.41, 5.74) is 3.20. The van der Waals surface area contributed by atoms with Gasteiger partial charge in [-0.25, -0.2) is 0 Å². The number of rotatable bonds is 5. The summed E-state index contributed by atoms with van der Waals surface area (Å²) in [5.74, 6) is 3.19. The molecule has 0 radical (unpaired) electrons. The molecular formula is C17H15BrClNO. The molecule has 0 fully saturated rings. The van der Waals surface area contributed by atoms with Crippen molar-refractivity contribution in [2.45, 2.75) is 13.5 Å². The van der Waals surface area contributed by atoms with Crippen LogP contribution in [0, 0.1) is 19.3 Å². The lowest BCUT2D eigenvalue weighted by atomic mass is 10.2. The third kappa shape index (κ3) is 4.42. The van der Waals surface area contributed by atoms with Gasteiger partial charge in [0.25, 0.3) is 0 Å². The van der Waals surface area contributed by atoms with Crippen LogP contribution in [0.25, 0.3) is 0 Å². The third-order valence-corrected chi connectivity index (χ3v) is 4.00. The highest BCUT2D eigenvalue weighted by molar-refractivity contribution is 9.10. The van der Waals surface area contributed by atoms with Gasteiger partial charge in [0.2, 0.25) is 0 Å². The maximum absolute atomic E-state index is 6.11. The lowest BCUT2D eigenvalue weighted by Crippen LogP contribution is -2.00. The average molecular weight is 365 g/mol. The molecule has 0 aromatic heterocycles. The van der Waals surface area contributed by atoms with Crippen LogP contribution in [0.4, 0.5) is 5.69 Å². The number of halogens is 2. The van der Waals surface area contributed by atoms with Crippen LogP contribution < -0.4 is 10.1 Å². The Hall–Kier alpha value is -1.63. The van der Waals surface area contributed by atoms with Gasteiger partial charge >= 0.3 is 0 Å². The van der Waals surface area contributed by atoms with Crippen LogP contribution in [-0.4, -0.2) is 6.61 Å². The predicted molar refractivity (Wildman–Crippen MR) is 92.0 cm³/mol. The largest absolute Gasteiger partial charge is 0.480 e. The number of anilines is 1. The Morgan fingerprint density at radius 3 is 2.76 bits per heavy atom. The summed E-state index contributed by atoms with van der Waals surface area (Å²) >= 11 is 9.59. The second-order valence-electron chi connectivity index (χ2n) is 4.58. The SMILES string of the molecule is C#CCOc1ccc(CNc2ccc(C)c(Cl)c2)cc1Br. The van der Waals surface area contributed by atoms with Gasteiger partial charge in [0.05, 0.1) is 4.47 Å². The zero-order chi connectivity index (χ0) is 15.2. The molecule has 108 valence electrons. The van der Waals surface area contributed by atoms with Crippen LogP contribution in [0.2, 0.25) is 5.02 Å². The van der Waals surface area contributed by atoms with Gasteiger partial charge < -0.3 is 10.1 Å². The van der Waals surface area contributed by atoms with E-state index in [1.807, 2.05) is 43.3 Å². The number of benzene rings is 2. The number of ether oxygens (including phenoxy) is 1. The lowest BCUT2D eigenvalue weighted by molar-refractivity contribution is 0.368. The smallest absolute Gasteiger partial charge is 0.148 e. The highest BCUT2D eigenvalue weighted by atomic mass is 79.9. The van der Waals surface area contributed by atoms with Gasteiger partial charge in [0, 0.05) is 17.3 Å². The third-order valence-electron chi connectivity index (χ3n) is 2.98. The summed E-state index contributed by atoms with van der Waals surface area (Å²) < 4.78 is 6.30. The van der Waals surface area contributed by atoms with Crippen molar-refractivity contribution in [1.29, 1.82) is 0 Å². The van der Waals surface area contributed by atoms with Gasteiger partial charge in [0.1, 0.15) is 12.4 Å². The standard InChI is InChI=1S/C17H15BrClNO/c1-3-8-21-17-7-5-13(9-15(17)18)11-20-14-6-4-12(2)16(19)10-14/h1,4-7,9-10,20H,8,11H2,2H3. The molecule has 21 heavy (non-hydrogen) atoms. The molecule has 2 rings (SSSR count). The van der Waals surface area contributed by atoms with Crippen molar-refractivity contribution >= 4 is 33.2 Å². The number of nitrogens with one attached hydrogen (secondary N) is 1. The minimum atomic E-state index is 0.262. The highest BCUT2D eigenvalue weighted by Crippen LogP contribution is 2.26. The molecule has 0 saturated carbocycles. The van der Waals surface area contributed by atoms with Crippen LogP contribution in [0.1, 0.15) is 11.1 Å². The van der Waals surface area contributed by atoms with Gasteiger partial charge in [0.15, 0.2) is 0 Å². The van der Waals surface area contributed by atoms with Crippen LogP contribution in [0.5, 0.6) is 5.75 Å². The molecule has 0 saturated heterocycles. The zero-order valence-electron chi connectivity index (χ0n) is 11.6. The Morgan fingerprint density at radius 2 is 2.10 bits per heavy atom. The van der Waals surface area contributed by atoms with Crippen molar-refractivity contribution < 1.29 is 4.74 Å². The summed E-state index contributed by atoms with van der Waals surface area (Å²) in [5, 5.41) is 4.10. The molecule has 0 unspecified atom stereocenters. The van der Waals surface area contributed by atoms with Crippen molar-refractivity contribution in [1.82, 2.24) is 0 Å². The molecule has 0 aliphatic carbocycles. The monoisotopic (exact) mass is 363 g/mol. The van der Waals surface area contributed by atoms with Gasteiger partial charge in [-0.2, -0.15) is 0 Å². The van der Waals surface area contributed by atoms with E-state index in [2.05, 4.69) is 27.2 Å². The molecule has 1 N–H and O–H groups in total. The molecule has 0 amide bonds. The Morgan fingerprint density at radius 1 is 1.29 bits per heavy atom. The molecule has 0 aliphatic rings. The molecule has 2 aromatic rings. The van der Waals surface area contributed by atoms with E-state index in [1.165, 1.54) is 0 Å². The Balaban J connectivity index is 2.01. The van der Waals surface area contributed by atoms with Gasteiger partial charge in [-0.15, -0.1) is 6.42 Å². The summed E-state index contributed by atoms with van der Waals surface area (Å²) in [4.78, 5) is 0. The topological polar surface area (TPSA) is 21.3 Å². The quantitative estimate of drug-likeness (QED) is 0.751. The van der Waals surface area contributed by atoms with Crippen LogP contribution in [0.15, 0.2) is 40.9 Å². The van der Waals surface area contributed by atoms with Crippen molar-refractivity contribution in [3.63, 3.8) is 0 Å². The molecule has 0 aliphatic heterocycles. The number of hydrogen-bond acceptors (Lipinski definition) is 2. The predicted octanol–water partition coefficient (Wildman–Crippen LogP) is 5.04. The second-order valence-corrected chi connectivity index (χ2v) is 5.84. The summed E-state index contributed by atoms with van der Waals surface area (Å²) in [6.07, 6.45) is 5.18. The van der Waals surface area contributed by atoms with Crippen molar-refractivity contribution in [2.24, 2.45) is 0 Å². The van der Waals surface area contributed by atoms with E-state index in [-0.39, 0.29) is 6.61 Å². The van der Waals surface area contributed by atoms with Crippen LogP contribution in [0.3, 0.4) is 0 Å². The van der Waals surface area contributed by atoms with Crippen LogP contribution >= 0.6 is 27.5 Å². The number of hydrogen-bond donors (Lipinski definition) is 1. The molecule has 0 heterocycles. The summed E-state index contributed by atoms with van der Waals surface area (Å²) in [6.45, 7) is 2.95. The van der Waals surface area contributed by atoms with Gasteiger partial charge in [-0.1, -0.05) is 29.7 Å². The minimum Gasteiger partial charge on any atom is -0.480 e. The first kappa shape index (κ1) is 15.8. The normalized spacial score (nSPS) is 10.0. The summed E-state index contributed by atoms with van der Waals surface area (Å²) in [7, 11) is 0. The van der Waals surface area contributed by atoms with Gasteiger partial charge in [-0.3, -0.25) is 0 Å². The zero-order valence-corrected chi connectivity index (χ0v) is 14.0. The molecule has 2 nitrogen and oxygen atoms in total. The summed E-state index contributed by atoms with van der Waals surface area (Å²) in [6, 6.07) is 11.9. The van der Waals surface area contributed by atoms with E-state index in [4.69, 9.17) is 22.8 Å². The van der Waals surface area contributed by atoms with E-state index in [1.54, 1.807) is 0 Å². The number of aryl methyl sites for hydroxylation is 1. The van der Waals surface area contributed by atoms with Gasteiger partial charge in [-0.05, 0) is 58.2 Å². The first-order valence-electron chi connectivity index (χ1n) is 6.45. The van der Waals surface area contributed by atoms with E-state index in [0.29, 0.717) is 6.54 Å². The fraction of sp³-hybridized carbons (Fsp3) is 0.176. The van der Waals surface area contributed by atoms with E-state index in [9.17, 15) is 0 Å². The first-order valence-corrected chi connectivity index (χ1v) is 7.62.